The van der Waals surface area contributed by atoms with Crippen LogP contribution in [0.1, 0.15) is 28.5 Å². The number of oxime groups is 1. The standard InChI is InChI=1S/C22H19NO2/c1-3-10-18(11-4-1)21(19-12-5-2-6-13-19)23-25-22-20-14-8-7-9-17(20)15-16-24-22/h1-14,22H,15-16H2. The molecule has 0 N–H and O–H groups in total. The van der Waals surface area contributed by atoms with Gasteiger partial charge in [-0.2, -0.15) is 0 Å². The quantitative estimate of drug-likeness (QED) is 0.512. The molecule has 3 nitrogen and oxygen atoms in total. The van der Waals surface area contributed by atoms with E-state index in [9.17, 15) is 0 Å². The van der Waals surface area contributed by atoms with Crippen LogP contribution in [0.15, 0.2) is 90.1 Å². The van der Waals surface area contributed by atoms with Gasteiger partial charge in [-0.25, -0.2) is 0 Å². The minimum Gasteiger partial charge on any atom is -0.358 e. The van der Waals surface area contributed by atoms with E-state index in [1.54, 1.807) is 0 Å². The van der Waals surface area contributed by atoms with Gasteiger partial charge >= 0.3 is 0 Å². The van der Waals surface area contributed by atoms with Gasteiger partial charge in [-0.05, 0) is 12.0 Å². The molecule has 124 valence electrons. The van der Waals surface area contributed by atoms with E-state index < -0.39 is 6.29 Å². The minimum atomic E-state index is -0.465. The first-order valence-corrected chi connectivity index (χ1v) is 8.46. The average molecular weight is 329 g/mol. The molecule has 0 aromatic heterocycles. The van der Waals surface area contributed by atoms with Crippen molar-refractivity contribution in [3.63, 3.8) is 0 Å². The summed E-state index contributed by atoms with van der Waals surface area (Å²) < 4.78 is 5.80. The molecule has 3 heteroatoms. The molecule has 0 bridgehead atoms. The van der Waals surface area contributed by atoms with Gasteiger partial charge < -0.3 is 9.57 Å². The van der Waals surface area contributed by atoms with Gasteiger partial charge in [-0.3, -0.25) is 0 Å². The zero-order valence-electron chi connectivity index (χ0n) is 13.8. The van der Waals surface area contributed by atoms with Gasteiger partial charge in [0.2, 0.25) is 0 Å². The summed E-state index contributed by atoms with van der Waals surface area (Å²) in [5, 5.41) is 4.48. The Bertz CT molecular complexity index is 818. The summed E-state index contributed by atoms with van der Waals surface area (Å²) in [4.78, 5) is 5.85. The molecule has 1 atom stereocenters. The lowest BCUT2D eigenvalue weighted by Crippen LogP contribution is -2.18. The molecular formula is C22H19NO2. The smallest absolute Gasteiger partial charge is 0.253 e. The van der Waals surface area contributed by atoms with Gasteiger partial charge in [0.05, 0.1) is 6.61 Å². The maximum absolute atomic E-state index is 5.85. The molecule has 0 radical (unpaired) electrons. The van der Waals surface area contributed by atoms with Crippen LogP contribution < -0.4 is 0 Å². The molecule has 1 aliphatic heterocycles. The Hall–Kier alpha value is -2.91. The summed E-state index contributed by atoms with van der Waals surface area (Å²) >= 11 is 0. The molecule has 1 aliphatic rings. The van der Waals surface area contributed by atoms with Crippen molar-refractivity contribution in [2.45, 2.75) is 12.7 Å². The van der Waals surface area contributed by atoms with Crippen LogP contribution >= 0.6 is 0 Å². The van der Waals surface area contributed by atoms with Crippen molar-refractivity contribution in [1.29, 1.82) is 0 Å². The van der Waals surface area contributed by atoms with Crippen molar-refractivity contribution in [1.82, 2.24) is 0 Å². The average Bonchev–Trinajstić information content (AvgIpc) is 2.70. The van der Waals surface area contributed by atoms with Crippen LogP contribution in [0.25, 0.3) is 0 Å². The van der Waals surface area contributed by atoms with Crippen LogP contribution in [-0.2, 0) is 16.0 Å². The number of rotatable bonds is 4. The summed E-state index contributed by atoms with van der Waals surface area (Å²) in [6.07, 6.45) is 0.441. The van der Waals surface area contributed by atoms with Crippen molar-refractivity contribution < 1.29 is 9.57 Å². The number of hydrogen-bond acceptors (Lipinski definition) is 3. The first kappa shape index (κ1) is 15.6. The third-order valence-corrected chi connectivity index (χ3v) is 4.28. The van der Waals surface area contributed by atoms with E-state index in [0.29, 0.717) is 6.61 Å². The predicted molar refractivity (Wildman–Crippen MR) is 98.4 cm³/mol. The predicted octanol–water partition coefficient (Wildman–Crippen LogP) is 4.73. The van der Waals surface area contributed by atoms with Crippen molar-refractivity contribution in [2.75, 3.05) is 6.61 Å². The third-order valence-electron chi connectivity index (χ3n) is 4.28. The van der Waals surface area contributed by atoms with Crippen LogP contribution in [-0.4, -0.2) is 12.3 Å². The van der Waals surface area contributed by atoms with Gasteiger partial charge in [0.1, 0.15) is 5.71 Å². The number of benzene rings is 3. The fraction of sp³-hybridized carbons (Fsp3) is 0.136. The summed E-state index contributed by atoms with van der Waals surface area (Å²) in [5.74, 6) is 0. The number of nitrogens with zero attached hydrogens (tertiary/aromatic N) is 1. The first-order chi connectivity index (χ1) is 12.4. The van der Waals surface area contributed by atoms with Gasteiger partial charge in [0.25, 0.3) is 6.29 Å². The van der Waals surface area contributed by atoms with Gasteiger partial charge in [-0.15, -0.1) is 0 Å². The molecular weight excluding hydrogens is 310 g/mol. The van der Waals surface area contributed by atoms with Gasteiger partial charge in [0, 0.05) is 16.7 Å². The molecule has 1 heterocycles. The van der Waals surface area contributed by atoms with Gasteiger partial charge in [-0.1, -0.05) is 90.1 Å². The highest BCUT2D eigenvalue weighted by atomic mass is 16.8. The largest absolute Gasteiger partial charge is 0.358 e. The fourth-order valence-electron chi connectivity index (χ4n) is 3.01. The molecule has 3 aromatic carbocycles. The molecule has 0 aliphatic carbocycles. The highest BCUT2D eigenvalue weighted by Gasteiger charge is 2.22. The summed E-state index contributed by atoms with van der Waals surface area (Å²) in [6, 6.07) is 28.3. The molecule has 0 fully saturated rings. The minimum absolute atomic E-state index is 0.465. The zero-order valence-corrected chi connectivity index (χ0v) is 13.8. The van der Waals surface area contributed by atoms with Crippen LogP contribution in [0.5, 0.6) is 0 Å². The second-order valence-corrected chi connectivity index (χ2v) is 5.93. The van der Waals surface area contributed by atoms with Crippen molar-refractivity contribution in [3.05, 3.63) is 107 Å². The number of fused-ring (bicyclic) bond motifs is 1. The van der Waals surface area contributed by atoms with E-state index in [4.69, 9.17) is 9.57 Å². The Labute approximate surface area is 147 Å². The molecule has 4 rings (SSSR count). The van der Waals surface area contributed by atoms with E-state index in [1.807, 2.05) is 78.9 Å². The SMILES string of the molecule is c1ccc(C(=NOC2OCCc3ccccc32)c2ccccc2)cc1. The zero-order chi connectivity index (χ0) is 16.9. The van der Waals surface area contributed by atoms with E-state index >= 15 is 0 Å². The van der Waals surface area contributed by atoms with Crippen molar-refractivity contribution >= 4 is 5.71 Å². The van der Waals surface area contributed by atoms with Crippen molar-refractivity contribution in [2.24, 2.45) is 5.16 Å². The van der Waals surface area contributed by atoms with Crippen LogP contribution in [0.3, 0.4) is 0 Å². The van der Waals surface area contributed by atoms with E-state index in [1.165, 1.54) is 5.56 Å². The highest BCUT2D eigenvalue weighted by molar-refractivity contribution is 6.12. The molecule has 0 spiro atoms. The fourth-order valence-corrected chi connectivity index (χ4v) is 3.01. The Morgan fingerprint density at radius 2 is 1.40 bits per heavy atom. The lowest BCUT2D eigenvalue weighted by molar-refractivity contribution is -0.153. The normalized spacial score (nSPS) is 15.9. The van der Waals surface area contributed by atoms with Gasteiger partial charge in [0.15, 0.2) is 0 Å². The maximum atomic E-state index is 5.85. The Morgan fingerprint density at radius 1 is 0.800 bits per heavy atom. The lowest BCUT2D eigenvalue weighted by Gasteiger charge is -2.24. The molecule has 25 heavy (non-hydrogen) atoms. The number of hydrogen-bond donors (Lipinski definition) is 0. The molecule has 0 saturated heterocycles. The number of ether oxygens (including phenoxy) is 1. The summed E-state index contributed by atoms with van der Waals surface area (Å²) in [5.41, 5.74) is 5.14. The molecule has 1 unspecified atom stereocenters. The second kappa shape index (κ2) is 7.32. The third kappa shape index (κ3) is 3.47. The Kier molecular flexibility index (Phi) is 4.57. The van der Waals surface area contributed by atoms with E-state index in [2.05, 4.69) is 11.2 Å². The van der Waals surface area contributed by atoms with E-state index in [0.717, 1.165) is 28.8 Å². The van der Waals surface area contributed by atoms with Crippen LogP contribution in [0, 0.1) is 0 Å². The van der Waals surface area contributed by atoms with Crippen molar-refractivity contribution in [3.8, 4) is 0 Å². The highest BCUT2D eigenvalue weighted by Crippen LogP contribution is 2.28. The summed E-state index contributed by atoms with van der Waals surface area (Å²) in [6.45, 7) is 0.642. The molecule has 0 amide bonds. The van der Waals surface area contributed by atoms with E-state index in [-0.39, 0.29) is 0 Å². The van der Waals surface area contributed by atoms with Crippen LogP contribution in [0.4, 0.5) is 0 Å². The molecule has 0 saturated carbocycles. The Morgan fingerprint density at radius 3 is 2.08 bits per heavy atom. The summed E-state index contributed by atoms with van der Waals surface area (Å²) in [7, 11) is 0. The molecule has 3 aromatic rings. The topological polar surface area (TPSA) is 30.8 Å². The maximum Gasteiger partial charge on any atom is 0.253 e. The first-order valence-electron chi connectivity index (χ1n) is 8.46. The van der Waals surface area contributed by atoms with Crippen LogP contribution in [0.2, 0.25) is 0 Å². The monoisotopic (exact) mass is 329 g/mol. The second-order valence-electron chi connectivity index (χ2n) is 5.93. The lowest BCUT2D eigenvalue weighted by atomic mass is 10.0. The Balaban J connectivity index is 1.67.